The van der Waals surface area contributed by atoms with Crippen molar-refractivity contribution in [2.75, 3.05) is 26.3 Å². The summed E-state index contributed by atoms with van der Waals surface area (Å²) >= 11 is 1.48. The van der Waals surface area contributed by atoms with Crippen molar-refractivity contribution in [3.63, 3.8) is 0 Å². The second-order valence-electron chi connectivity index (χ2n) is 5.21. The third-order valence-electron chi connectivity index (χ3n) is 3.08. The lowest BCUT2D eigenvalue weighted by Gasteiger charge is -2.26. The molecule has 1 aliphatic heterocycles. The number of nitrogens with zero attached hydrogens (tertiary/aromatic N) is 2. The normalized spacial score (nSPS) is 17.8. The lowest BCUT2D eigenvalue weighted by Crippen LogP contribution is -2.40. The fourth-order valence-electron chi connectivity index (χ4n) is 2.09. The summed E-state index contributed by atoms with van der Waals surface area (Å²) in [5, 5.41) is 2.66. The van der Waals surface area contributed by atoms with Crippen LogP contribution in [-0.2, 0) is 4.74 Å². The summed E-state index contributed by atoms with van der Waals surface area (Å²) in [6.45, 7) is 6.76. The fourth-order valence-corrected chi connectivity index (χ4v) is 2.90. The SMILES string of the molecule is CC(C)CC(N)c1nc(C(=O)N2CCOCC2)cs1. The molecule has 1 saturated heterocycles. The molecule has 0 saturated carbocycles. The number of ether oxygens (including phenoxy) is 1. The molecule has 0 aromatic carbocycles. The molecule has 0 aliphatic carbocycles. The highest BCUT2D eigenvalue weighted by atomic mass is 32.1. The molecule has 6 heteroatoms. The zero-order valence-electron chi connectivity index (χ0n) is 11.5. The summed E-state index contributed by atoms with van der Waals surface area (Å²) in [5.41, 5.74) is 6.61. The maximum atomic E-state index is 12.2. The molecule has 0 radical (unpaired) electrons. The smallest absolute Gasteiger partial charge is 0.273 e. The van der Waals surface area contributed by atoms with Gasteiger partial charge in [0.25, 0.3) is 5.91 Å². The minimum Gasteiger partial charge on any atom is -0.378 e. The van der Waals surface area contributed by atoms with Crippen LogP contribution >= 0.6 is 11.3 Å². The van der Waals surface area contributed by atoms with E-state index >= 15 is 0 Å². The third-order valence-corrected chi connectivity index (χ3v) is 4.06. The van der Waals surface area contributed by atoms with Crippen LogP contribution < -0.4 is 5.73 Å². The Kier molecular flexibility index (Phi) is 4.90. The van der Waals surface area contributed by atoms with Gasteiger partial charge in [0.15, 0.2) is 0 Å². The summed E-state index contributed by atoms with van der Waals surface area (Å²) in [5.74, 6) is 0.514. The second kappa shape index (κ2) is 6.45. The minimum atomic E-state index is -0.0729. The summed E-state index contributed by atoms with van der Waals surface area (Å²) in [6.07, 6.45) is 0.888. The van der Waals surface area contributed by atoms with Crippen molar-refractivity contribution in [1.82, 2.24) is 9.88 Å². The number of nitrogens with two attached hydrogens (primary N) is 1. The van der Waals surface area contributed by atoms with Crippen molar-refractivity contribution in [3.8, 4) is 0 Å². The van der Waals surface area contributed by atoms with Gasteiger partial charge in [-0.05, 0) is 12.3 Å². The zero-order valence-corrected chi connectivity index (χ0v) is 12.3. The van der Waals surface area contributed by atoms with Gasteiger partial charge in [0.1, 0.15) is 10.7 Å². The van der Waals surface area contributed by atoms with Crippen LogP contribution in [0.1, 0.15) is 41.8 Å². The maximum absolute atomic E-state index is 12.2. The quantitative estimate of drug-likeness (QED) is 0.912. The molecule has 106 valence electrons. The number of hydrogen-bond acceptors (Lipinski definition) is 5. The predicted octanol–water partition coefficient (Wildman–Crippen LogP) is 1.66. The maximum Gasteiger partial charge on any atom is 0.273 e. The van der Waals surface area contributed by atoms with E-state index in [1.54, 1.807) is 4.90 Å². The van der Waals surface area contributed by atoms with Gasteiger partial charge in [-0.2, -0.15) is 0 Å². The van der Waals surface area contributed by atoms with E-state index in [0.29, 0.717) is 37.9 Å². The van der Waals surface area contributed by atoms with Gasteiger partial charge in [-0.15, -0.1) is 11.3 Å². The first-order valence-corrected chi connectivity index (χ1v) is 7.54. The van der Waals surface area contributed by atoms with Crippen molar-refractivity contribution in [1.29, 1.82) is 0 Å². The monoisotopic (exact) mass is 283 g/mol. The first-order chi connectivity index (χ1) is 9.08. The van der Waals surface area contributed by atoms with Crippen LogP contribution in [0.15, 0.2) is 5.38 Å². The molecule has 1 amide bonds. The van der Waals surface area contributed by atoms with Gasteiger partial charge in [0, 0.05) is 18.5 Å². The van der Waals surface area contributed by atoms with E-state index in [-0.39, 0.29) is 11.9 Å². The molecule has 0 bridgehead atoms. The fraction of sp³-hybridized carbons (Fsp3) is 0.692. The number of carbonyl (C=O) groups is 1. The number of rotatable bonds is 4. The van der Waals surface area contributed by atoms with E-state index in [4.69, 9.17) is 10.5 Å². The van der Waals surface area contributed by atoms with E-state index in [1.165, 1.54) is 11.3 Å². The Labute approximate surface area is 117 Å². The summed E-state index contributed by atoms with van der Waals surface area (Å²) in [4.78, 5) is 18.4. The van der Waals surface area contributed by atoms with Gasteiger partial charge in [-0.25, -0.2) is 4.98 Å². The number of carbonyl (C=O) groups excluding carboxylic acids is 1. The first-order valence-electron chi connectivity index (χ1n) is 6.66. The Hall–Kier alpha value is -0.980. The molecule has 1 unspecified atom stereocenters. The van der Waals surface area contributed by atoms with Crippen molar-refractivity contribution in [2.24, 2.45) is 11.7 Å². The molecule has 1 atom stereocenters. The highest BCUT2D eigenvalue weighted by Gasteiger charge is 2.22. The van der Waals surface area contributed by atoms with Crippen LogP contribution in [-0.4, -0.2) is 42.1 Å². The summed E-state index contributed by atoms with van der Waals surface area (Å²) in [7, 11) is 0. The molecule has 1 fully saturated rings. The lowest BCUT2D eigenvalue weighted by atomic mass is 10.1. The minimum absolute atomic E-state index is 0.0115. The lowest BCUT2D eigenvalue weighted by molar-refractivity contribution is 0.0299. The van der Waals surface area contributed by atoms with Crippen molar-refractivity contribution in [3.05, 3.63) is 16.1 Å². The molecule has 5 nitrogen and oxygen atoms in total. The molecular formula is C13H21N3O2S. The van der Waals surface area contributed by atoms with Gasteiger partial charge in [0.05, 0.1) is 19.3 Å². The van der Waals surface area contributed by atoms with Crippen LogP contribution in [0, 0.1) is 5.92 Å². The molecular weight excluding hydrogens is 262 g/mol. The van der Waals surface area contributed by atoms with E-state index < -0.39 is 0 Å². The number of hydrogen-bond donors (Lipinski definition) is 1. The van der Waals surface area contributed by atoms with E-state index in [9.17, 15) is 4.79 Å². The van der Waals surface area contributed by atoms with E-state index in [1.807, 2.05) is 5.38 Å². The van der Waals surface area contributed by atoms with Gasteiger partial charge < -0.3 is 15.4 Å². The number of amides is 1. The van der Waals surface area contributed by atoms with Crippen LogP contribution in [0.2, 0.25) is 0 Å². The molecule has 1 aromatic heterocycles. The highest BCUT2D eigenvalue weighted by molar-refractivity contribution is 7.09. The van der Waals surface area contributed by atoms with Gasteiger partial charge in [-0.1, -0.05) is 13.8 Å². The van der Waals surface area contributed by atoms with Gasteiger partial charge in [-0.3, -0.25) is 4.79 Å². The molecule has 19 heavy (non-hydrogen) atoms. The standard InChI is InChI=1S/C13H21N3O2S/c1-9(2)7-10(14)12-15-11(8-19-12)13(17)16-3-5-18-6-4-16/h8-10H,3-7,14H2,1-2H3. The summed E-state index contributed by atoms with van der Waals surface area (Å²) < 4.78 is 5.24. The molecule has 2 rings (SSSR count). The van der Waals surface area contributed by atoms with Gasteiger partial charge >= 0.3 is 0 Å². The van der Waals surface area contributed by atoms with E-state index in [2.05, 4.69) is 18.8 Å². The van der Waals surface area contributed by atoms with Crippen molar-refractivity contribution in [2.45, 2.75) is 26.3 Å². The number of thiazole rings is 1. The van der Waals surface area contributed by atoms with E-state index in [0.717, 1.165) is 11.4 Å². The largest absolute Gasteiger partial charge is 0.378 e. The summed E-state index contributed by atoms with van der Waals surface area (Å²) in [6, 6.07) is -0.0729. The Morgan fingerprint density at radius 3 is 2.84 bits per heavy atom. The Bertz CT molecular complexity index is 427. The average Bonchev–Trinajstić information content (AvgIpc) is 2.88. The average molecular weight is 283 g/mol. The topological polar surface area (TPSA) is 68.5 Å². The van der Waals surface area contributed by atoms with Crippen LogP contribution in [0.4, 0.5) is 0 Å². The number of morpholine rings is 1. The predicted molar refractivity (Wildman–Crippen MR) is 75.2 cm³/mol. The van der Waals surface area contributed by atoms with Crippen LogP contribution in [0.3, 0.4) is 0 Å². The number of aromatic nitrogens is 1. The van der Waals surface area contributed by atoms with Crippen molar-refractivity contribution >= 4 is 17.2 Å². The molecule has 2 heterocycles. The molecule has 1 aromatic rings. The highest BCUT2D eigenvalue weighted by Crippen LogP contribution is 2.23. The Morgan fingerprint density at radius 2 is 2.21 bits per heavy atom. The molecule has 1 aliphatic rings. The zero-order chi connectivity index (χ0) is 13.8. The van der Waals surface area contributed by atoms with Crippen molar-refractivity contribution < 1.29 is 9.53 Å². The first kappa shape index (κ1) is 14.4. The van der Waals surface area contributed by atoms with Gasteiger partial charge in [0.2, 0.25) is 0 Å². The molecule has 0 spiro atoms. The second-order valence-corrected chi connectivity index (χ2v) is 6.10. The Morgan fingerprint density at radius 1 is 1.53 bits per heavy atom. The Balaban J connectivity index is 2.01. The van der Waals surface area contributed by atoms with Crippen LogP contribution in [0.25, 0.3) is 0 Å². The van der Waals surface area contributed by atoms with Crippen LogP contribution in [0.5, 0.6) is 0 Å². The molecule has 2 N–H and O–H groups in total. The third kappa shape index (κ3) is 3.75.